The Hall–Kier alpha value is -1.89. The Bertz CT molecular complexity index is 923. The largest absolute Gasteiger partial charge is 0.332 e. The first-order valence-electron chi connectivity index (χ1n) is 10.8. The molecule has 0 spiro atoms. The number of unbranched alkanes of at least 4 members (excludes halogenated alkanes) is 4. The second-order valence-corrected chi connectivity index (χ2v) is 8.29. The second-order valence-electron chi connectivity index (χ2n) is 8.29. The van der Waals surface area contributed by atoms with E-state index in [1.807, 2.05) is 0 Å². The van der Waals surface area contributed by atoms with Crippen LogP contribution < -0.4 is 11.2 Å². The number of hydrogen-bond donors (Lipinski definition) is 0. The fourth-order valence-electron chi connectivity index (χ4n) is 4.30. The van der Waals surface area contributed by atoms with Gasteiger partial charge in [-0.2, -0.15) is 0 Å². The molecular formula is C21H35N5O2. The summed E-state index contributed by atoms with van der Waals surface area (Å²) >= 11 is 0. The standard InChI is InChI=1S/C21H35N5O2/c1-5-6-7-8-10-14-26-17(15-25-13-11-9-12-16(25)2)22-19-18(26)20(27)24(4)21(28)23(19)3/h16H,5-15H2,1-4H3/t16-/m1/s1. The molecule has 1 aliphatic heterocycles. The molecule has 1 saturated heterocycles. The summed E-state index contributed by atoms with van der Waals surface area (Å²) in [5, 5.41) is 0. The van der Waals surface area contributed by atoms with E-state index in [1.54, 1.807) is 14.1 Å². The summed E-state index contributed by atoms with van der Waals surface area (Å²) in [7, 11) is 3.26. The van der Waals surface area contributed by atoms with Gasteiger partial charge in [0.25, 0.3) is 5.56 Å². The van der Waals surface area contributed by atoms with Crippen molar-refractivity contribution >= 4 is 11.2 Å². The van der Waals surface area contributed by atoms with Crippen LogP contribution in [-0.2, 0) is 27.2 Å². The van der Waals surface area contributed by atoms with Crippen LogP contribution in [-0.4, -0.2) is 36.2 Å². The number of piperidine rings is 1. The maximum Gasteiger partial charge on any atom is 0.332 e. The van der Waals surface area contributed by atoms with Crippen molar-refractivity contribution in [3.8, 4) is 0 Å². The van der Waals surface area contributed by atoms with E-state index in [4.69, 9.17) is 4.98 Å². The molecule has 28 heavy (non-hydrogen) atoms. The molecule has 3 rings (SSSR count). The molecule has 1 fully saturated rings. The number of nitrogens with zero attached hydrogens (tertiary/aromatic N) is 5. The van der Waals surface area contributed by atoms with Crippen LogP contribution in [0.3, 0.4) is 0 Å². The van der Waals surface area contributed by atoms with E-state index < -0.39 is 0 Å². The predicted octanol–water partition coefficient (Wildman–Crippen LogP) is 2.78. The summed E-state index contributed by atoms with van der Waals surface area (Å²) in [5.41, 5.74) is 0.529. The van der Waals surface area contributed by atoms with Crippen LogP contribution in [0.5, 0.6) is 0 Å². The lowest BCUT2D eigenvalue weighted by Crippen LogP contribution is -2.38. The molecule has 7 heteroatoms. The number of aromatic nitrogens is 4. The molecule has 156 valence electrons. The van der Waals surface area contributed by atoms with Crippen molar-refractivity contribution in [2.75, 3.05) is 6.54 Å². The van der Waals surface area contributed by atoms with Crippen LogP contribution in [0.2, 0.25) is 0 Å². The number of rotatable bonds is 8. The van der Waals surface area contributed by atoms with Gasteiger partial charge in [0.05, 0.1) is 6.54 Å². The summed E-state index contributed by atoms with van der Waals surface area (Å²) in [6.07, 6.45) is 9.56. The monoisotopic (exact) mass is 389 g/mol. The van der Waals surface area contributed by atoms with Crippen LogP contribution in [0.15, 0.2) is 9.59 Å². The lowest BCUT2D eigenvalue weighted by atomic mass is 10.0. The third-order valence-electron chi connectivity index (χ3n) is 6.20. The zero-order valence-corrected chi connectivity index (χ0v) is 17.9. The first-order valence-corrected chi connectivity index (χ1v) is 10.8. The Morgan fingerprint density at radius 1 is 1.04 bits per heavy atom. The number of likely N-dealkylation sites (tertiary alicyclic amines) is 1. The van der Waals surface area contributed by atoms with E-state index in [-0.39, 0.29) is 11.2 Å². The van der Waals surface area contributed by atoms with Crippen molar-refractivity contribution in [2.24, 2.45) is 14.1 Å². The first kappa shape index (κ1) is 20.8. The molecule has 0 bridgehead atoms. The van der Waals surface area contributed by atoms with Crippen LogP contribution >= 0.6 is 0 Å². The van der Waals surface area contributed by atoms with Crippen LogP contribution in [0.4, 0.5) is 0 Å². The Labute approximate surface area is 167 Å². The van der Waals surface area contributed by atoms with Gasteiger partial charge in [0.1, 0.15) is 5.82 Å². The first-order chi connectivity index (χ1) is 13.5. The maximum absolute atomic E-state index is 12.9. The minimum Gasteiger partial charge on any atom is -0.321 e. The molecule has 0 unspecified atom stereocenters. The number of aryl methyl sites for hydroxylation is 2. The molecule has 0 aliphatic carbocycles. The van der Waals surface area contributed by atoms with Crippen molar-refractivity contribution in [3.63, 3.8) is 0 Å². The minimum absolute atomic E-state index is 0.239. The van der Waals surface area contributed by atoms with Crippen molar-refractivity contribution in [1.82, 2.24) is 23.6 Å². The molecule has 1 atom stereocenters. The highest BCUT2D eigenvalue weighted by atomic mass is 16.2. The van der Waals surface area contributed by atoms with Gasteiger partial charge in [0.2, 0.25) is 0 Å². The quantitative estimate of drug-likeness (QED) is 0.651. The molecule has 0 amide bonds. The molecule has 7 nitrogen and oxygen atoms in total. The highest BCUT2D eigenvalue weighted by Crippen LogP contribution is 2.21. The summed E-state index contributed by atoms with van der Waals surface area (Å²) in [6.45, 7) is 7.07. The average molecular weight is 390 g/mol. The van der Waals surface area contributed by atoms with Crippen LogP contribution in [0.1, 0.15) is 71.0 Å². The van der Waals surface area contributed by atoms with Gasteiger partial charge in [-0.1, -0.05) is 39.0 Å². The lowest BCUT2D eigenvalue weighted by molar-refractivity contribution is 0.147. The van der Waals surface area contributed by atoms with Gasteiger partial charge in [0.15, 0.2) is 11.2 Å². The molecule has 0 radical (unpaired) electrons. The topological polar surface area (TPSA) is 65.1 Å². The summed E-state index contributed by atoms with van der Waals surface area (Å²) in [4.78, 5) is 32.5. The van der Waals surface area contributed by atoms with Gasteiger partial charge in [0, 0.05) is 26.7 Å². The van der Waals surface area contributed by atoms with Gasteiger partial charge in [-0.3, -0.25) is 18.8 Å². The van der Waals surface area contributed by atoms with Gasteiger partial charge < -0.3 is 4.57 Å². The Kier molecular flexibility index (Phi) is 6.75. The van der Waals surface area contributed by atoms with Gasteiger partial charge in [-0.25, -0.2) is 9.78 Å². The molecule has 2 aromatic heterocycles. The van der Waals surface area contributed by atoms with Crippen molar-refractivity contribution < 1.29 is 0 Å². The number of imidazole rings is 1. The molecule has 0 N–H and O–H groups in total. The van der Waals surface area contributed by atoms with Gasteiger partial charge in [-0.15, -0.1) is 0 Å². The zero-order chi connectivity index (χ0) is 20.3. The highest BCUT2D eigenvalue weighted by molar-refractivity contribution is 5.71. The van der Waals surface area contributed by atoms with E-state index in [9.17, 15) is 9.59 Å². The third-order valence-corrected chi connectivity index (χ3v) is 6.20. The lowest BCUT2D eigenvalue weighted by Gasteiger charge is -2.33. The van der Waals surface area contributed by atoms with E-state index in [0.717, 1.165) is 38.3 Å². The average Bonchev–Trinajstić information content (AvgIpc) is 3.04. The van der Waals surface area contributed by atoms with Crippen LogP contribution in [0, 0.1) is 0 Å². The van der Waals surface area contributed by atoms with Gasteiger partial charge >= 0.3 is 5.69 Å². The fourth-order valence-corrected chi connectivity index (χ4v) is 4.30. The van der Waals surface area contributed by atoms with E-state index >= 15 is 0 Å². The summed E-state index contributed by atoms with van der Waals surface area (Å²) in [5.74, 6) is 0.914. The molecule has 1 aliphatic rings. The predicted molar refractivity (Wildman–Crippen MR) is 113 cm³/mol. The van der Waals surface area contributed by atoms with E-state index in [2.05, 4.69) is 23.3 Å². The number of fused-ring (bicyclic) bond motifs is 1. The Morgan fingerprint density at radius 3 is 2.50 bits per heavy atom. The third kappa shape index (κ3) is 4.09. The van der Waals surface area contributed by atoms with E-state index in [1.165, 1.54) is 47.7 Å². The Morgan fingerprint density at radius 2 is 1.79 bits per heavy atom. The van der Waals surface area contributed by atoms with Gasteiger partial charge in [-0.05, 0) is 32.7 Å². The smallest absolute Gasteiger partial charge is 0.321 e. The zero-order valence-electron chi connectivity index (χ0n) is 17.9. The summed E-state index contributed by atoms with van der Waals surface area (Å²) in [6, 6.07) is 0.526. The van der Waals surface area contributed by atoms with Crippen molar-refractivity contribution in [1.29, 1.82) is 0 Å². The molecule has 2 aromatic rings. The maximum atomic E-state index is 12.9. The molecule has 0 aromatic carbocycles. The van der Waals surface area contributed by atoms with Crippen molar-refractivity contribution in [2.45, 2.75) is 84.3 Å². The molecule has 0 saturated carbocycles. The minimum atomic E-state index is -0.317. The second kappa shape index (κ2) is 9.07. The summed E-state index contributed by atoms with van der Waals surface area (Å²) < 4.78 is 4.79. The SMILES string of the molecule is CCCCCCCn1c(CN2CCCC[C@H]2C)nc2c1c(=O)n(C)c(=O)n2C. The van der Waals surface area contributed by atoms with Crippen LogP contribution in [0.25, 0.3) is 11.2 Å². The number of hydrogen-bond acceptors (Lipinski definition) is 4. The van der Waals surface area contributed by atoms with Crippen molar-refractivity contribution in [3.05, 3.63) is 26.7 Å². The highest BCUT2D eigenvalue weighted by Gasteiger charge is 2.23. The Balaban J connectivity index is 1.99. The molecule has 3 heterocycles. The fraction of sp³-hybridized carbons (Fsp3) is 0.762. The molecular weight excluding hydrogens is 354 g/mol. The normalized spacial score (nSPS) is 18.2. The van der Waals surface area contributed by atoms with E-state index in [0.29, 0.717) is 17.2 Å².